The Hall–Kier alpha value is -1.77. The van der Waals surface area contributed by atoms with E-state index in [1.54, 1.807) is 0 Å². The second-order valence-electron chi connectivity index (χ2n) is 8.32. The predicted octanol–water partition coefficient (Wildman–Crippen LogP) is 3.80. The number of amides is 1. The van der Waals surface area contributed by atoms with Crippen LogP contribution >= 0.6 is 0 Å². The van der Waals surface area contributed by atoms with Crippen molar-refractivity contribution in [3.05, 3.63) is 36.0 Å². The number of H-pyrrole nitrogens is 1. The van der Waals surface area contributed by atoms with E-state index in [0.29, 0.717) is 6.42 Å². The molecule has 1 aromatic heterocycles. The Labute approximate surface area is 136 Å². The summed E-state index contributed by atoms with van der Waals surface area (Å²) in [6.45, 7) is 0. The fourth-order valence-corrected chi connectivity index (χ4v) is 6.00. The summed E-state index contributed by atoms with van der Waals surface area (Å²) in [6, 6.07) is 8.34. The summed E-state index contributed by atoms with van der Waals surface area (Å²) in [7, 11) is 0. The molecule has 1 aromatic carbocycles. The van der Waals surface area contributed by atoms with Gasteiger partial charge in [0.1, 0.15) is 0 Å². The highest BCUT2D eigenvalue weighted by Crippen LogP contribution is 2.55. The molecule has 1 amide bonds. The second kappa shape index (κ2) is 4.86. The van der Waals surface area contributed by atoms with E-state index in [9.17, 15) is 4.79 Å². The summed E-state index contributed by atoms with van der Waals surface area (Å²) in [5.41, 5.74) is 2.37. The van der Waals surface area contributed by atoms with E-state index in [0.717, 1.165) is 28.8 Å². The first-order valence-corrected chi connectivity index (χ1v) is 9.04. The molecule has 0 spiro atoms. The highest BCUT2D eigenvalue weighted by molar-refractivity contribution is 5.84. The molecule has 0 atom stereocenters. The molecule has 4 saturated carbocycles. The summed E-state index contributed by atoms with van der Waals surface area (Å²) in [5, 5.41) is 4.65. The van der Waals surface area contributed by atoms with E-state index >= 15 is 0 Å². The van der Waals surface area contributed by atoms with E-state index in [2.05, 4.69) is 34.6 Å². The molecule has 6 rings (SSSR count). The summed E-state index contributed by atoms with van der Waals surface area (Å²) in [6.07, 6.45) is 10.4. The lowest BCUT2D eigenvalue weighted by atomic mass is 9.53. The van der Waals surface area contributed by atoms with E-state index < -0.39 is 0 Å². The zero-order valence-electron chi connectivity index (χ0n) is 13.5. The molecular formula is C20H24N2O. The number of carbonyl (C=O) groups excluding carboxylic acids is 1. The third kappa shape index (κ3) is 2.37. The van der Waals surface area contributed by atoms with Gasteiger partial charge in [-0.15, -0.1) is 0 Å². The number of fused-ring (bicyclic) bond motifs is 1. The summed E-state index contributed by atoms with van der Waals surface area (Å²) in [5.74, 6) is 2.83. The molecule has 0 unspecified atom stereocenters. The standard InChI is InChI=1S/C20H24N2O/c23-19(9-13-1-2-18-17(8-13)3-4-21-18)22-20-10-14-5-15(11-20)7-16(6-14)12-20/h1-4,8,14-16,21H,5-7,9-12H2,(H,22,23). The van der Waals surface area contributed by atoms with Gasteiger partial charge in [-0.05, 0) is 85.4 Å². The molecule has 0 radical (unpaired) electrons. The SMILES string of the molecule is O=C(Cc1ccc2[nH]ccc2c1)NC12CC3CC(CC(C3)C1)C2. The number of nitrogens with one attached hydrogen (secondary N) is 2. The minimum atomic E-state index is 0.129. The van der Waals surface area contributed by atoms with Gasteiger partial charge in [-0.2, -0.15) is 0 Å². The molecule has 2 aromatic rings. The molecule has 4 aliphatic carbocycles. The predicted molar refractivity (Wildman–Crippen MR) is 91.0 cm³/mol. The smallest absolute Gasteiger partial charge is 0.224 e. The molecule has 1 heterocycles. The monoisotopic (exact) mass is 308 g/mol. The molecule has 4 aliphatic rings. The van der Waals surface area contributed by atoms with Gasteiger partial charge in [0.05, 0.1) is 6.42 Å². The van der Waals surface area contributed by atoms with Crippen molar-refractivity contribution in [2.45, 2.75) is 50.5 Å². The maximum Gasteiger partial charge on any atom is 0.224 e. The number of rotatable bonds is 3. The largest absolute Gasteiger partial charge is 0.361 e. The molecule has 0 saturated heterocycles. The topological polar surface area (TPSA) is 44.9 Å². The average Bonchev–Trinajstić information content (AvgIpc) is 2.92. The lowest BCUT2D eigenvalue weighted by Crippen LogP contribution is -2.60. The van der Waals surface area contributed by atoms with Crippen LogP contribution in [0.25, 0.3) is 10.9 Å². The number of carbonyl (C=O) groups is 1. The van der Waals surface area contributed by atoms with Crippen molar-refractivity contribution < 1.29 is 4.79 Å². The van der Waals surface area contributed by atoms with E-state index in [4.69, 9.17) is 0 Å². The van der Waals surface area contributed by atoms with Crippen LogP contribution in [-0.2, 0) is 11.2 Å². The molecule has 23 heavy (non-hydrogen) atoms. The first kappa shape index (κ1) is 13.6. The first-order chi connectivity index (χ1) is 11.2. The third-order valence-corrected chi connectivity index (χ3v) is 6.43. The van der Waals surface area contributed by atoms with Gasteiger partial charge in [-0.25, -0.2) is 0 Å². The minimum absolute atomic E-state index is 0.129. The Kier molecular flexibility index (Phi) is 2.88. The van der Waals surface area contributed by atoms with Crippen LogP contribution in [0.2, 0.25) is 0 Å². The maximum absolute atomic E-state index is 12.7. The van der Waals surface area contributed by atoms with E-state index in [1.165, 1.54) is 43.9 Å². The van der Waals surface area contributed by atoms with Crippen LogP contribution in [0.5, 0.6) is 0 Å². The molecule has 3 nitrogen and oxygen atoms in total. The van der Waals surface area contributed by atoms with Gasteiger partial charge in [0.25, 0.3) is 0 Å². The van der Waals surface area contributed by atoms with Gasteiger partial charge in [0, 0.05) is 17.3 Å². The molecule has 3 heteroatoms. The highest BCUT2D eigenvalue weighted by Gasteiger charge is 2.51. The van der Waals surface area contributed by atoms with Crippen molar-refractivity contribution in [3.63, 3.8) is 0 Å². The summed E-state index contributed by atoms with van der Waals surface area (Å²) in [4.78, 5) is 15.9. The fraction of sp³-hybridized carbons (Fsp3) is 0.550. The second-order valence-corrected chi connectivity index (χ2v) is 8.32. The van der Waals surface area contributed by atoms with Crippen molar-refractivity contribution in [2.24, 2.45) is 17.8 Å². The highest BCUT2D eigenvalue weighted by atomic mass is 16.1. The van der Waals surface area contributed by atoms with Gasteiger partial charge in [0.2, 0.25) is 5.91 Å². The van der Waals surface area contributed by atoms with Crippen LogP contribution in [0.15, 0.2) is 30.5 Å². The Bertz CT molecular complexity index is 725. The Morgan fingerprint density at radius 1 is 1.09 bits per heavy atom. The maximum atomic E-state index is 12.7. The molecule has 4 bridgehead atoms. The quantitative estimate of drug-likeness (QED) is 0.890. The van der Waals surface area contributed by atoms with Gasteiger partial charge in [0.15, 0.2) is 0 Å². The first-order valence-electron chi connectivity index (χ1n) is 9.04. The average molecular weight is 308 g/mol. The molecular weight excluding hydrogens is 284 g/mol. The fourth-order valence-electron chi connectivity index (χ4n) is 6.00. The zero-order valence-corrected chi connectivity index (χ0v) is 13.5. The number of aromatic nitrogens is 1. The minimum Gasteiger partial charge on any atom is -0.361 e. The van der Waals surface area contributed by atoms with Crippen molar-refractivity contribution in [1.82, 2.24) is 10.3 Å². The zero-order chi connectivity index (χ0) is 15.4. The lowest BCUT2D eigenvalue weighted by Gasteiger charge is -2.56. The Morgan fingerprint density at radius 2 is 1.78 bits per heavy atom. The van der Waals surface area contributed by atoms with Crippen LogP contribution in [-0.4, -0.2) is 16.4 Å². The Balaban J connectivity index is 1.31. The lowest BCUT2D eigenvalue weighted by molar-refractivity contribution is -0.126. The summed E-state index contributed by atoms with van der Waals surface area (Å²) < 4.78 is 0. The molecule has 2 N–H and O–H groups in total. The normalized spacial score (nSPS) is 34.9. The van der Waals surface area contributed by atoms with Crippen LogP contribution in [0.3, 0.4) is 0 Å². The molecule has 120 valence electrons. The van der Waals surface area contributed by atoms with Crippen LogP contribution in [0.1, 0.15) is 44.1 Å². The van der Waals surface area contributed by atoms with Gasteiger partial charge in [-0.1, -0.05) is 6.07 Å². The van der Waals surface area contributed by atoms with Crippen LogP contribution in [0, 0.1) is 17.8 Å². The van der Waals surface area contributed by atoms with E-state index in [1.807, 2.05) is 6.20 Å². The number of hydrogen-bond donors (Lipinski definition) is 2. The van der Waals surface area contributed by atoms with Crippen molar-refractivity contribution in [1.29, 1.82) is 0 Å². The number of hydrogen-bond acceptors (Lipinski definition) is 1. The van der Waals surface area contributed by atoms with E-state index in [-0.39, 0.29) is 11.4 Å². The number of aromatic amines is 1. The van der Waals surface area contributed by atoms with Crippen molar-refractivity contribution >= 4 is 16.8 Å². The Morgan fingerprint density at radius 3 is 2.48 bits per heavy atom. The van der Waals surface area contributed by atoms with Gasteiger partial charge in [-0.3, -0.25) is 4.79 Å². The van der Waals surface area contributed by atoms with Crippen LogP contribution < -0.4 is 5.32 Å². The van der Waals surface area contributed by atoms with Crippen molar-refractivity contribution in [3.8, 4) is 0 Å². The van der Waals surface area contributed by atoms with Gasteiger partial charge >= 0.3 is 0 Å². The summed E-state index contributed by atoms with van der Waals surface area (Å²) >= 11 is 0. The number of benzene rings is 1. The molecule has 0 aliphatic heterocycles. The van der Waals surface area contributed by atoms with Crippen molar-refractivity contribution in [2.75, 3.05) is 0 Å². The van der Waals surface area contributed by atoms with Crippen LogP contribution in [0.4, 0.5) is 0 Å². The van der Waals surface area contributed by atoms with Gasteiger partial charge < -0.3 is 10.3 Å². The third-order valence-electron chi connectivity index (χ3n) is 6.43. The molecule has 4 fully saturated rings.